The van der Waals surface area contributed by atoms with Crippen molar-refractivity contribution in [1.29, 1.82) is 0 Å². The predicted octanol–water partition coefficient (Wildman–Crippen LogP) is 3.14. The molecule has 0 aliphatic rings. The van der Waals surface area contributed by atoms with Crippen molar-refractivity contribution >= 4 is 32.4 Å². The molecule has 2 N–H and O–H groups in total. The number of thiol groups is 1. The zero-order chi connectivity index (χ0) is 20.9. The summed E-state index contributed by atoms with van der Waals surface area (Å²) in [4.78, 5) is -0.0111. The van der Waals surface area contributed by atoms with Crippen LogP contribution in [0.1, 0.15) is 5.56 Å². The van der Waals surface area contributed by atoms with Crippen LogP contribution in [0.5, 0.6) is 5.75 Å². The van der Waals surface area contributed by atoms with E-state index in [4.69, 9.17) is 4.18 Å². The third-order valence-corrected chi connectivity index (χ3v) is 5.53. The Morgan fingerprint density at radius 2 is 1.55 bits per heavy atom. The zero-order valence-corrected chi connectivity index (χ0v) is 16.6. The Bertz CT molecular complexity index is 1160. The van der Waals surface area contributed by atoms with Gasteiger partial charge in [-0.1, -0.05) is 18.2 Å². The van der Waals surface area contributed by atoms with E-state index in [1.165, 1.54) is 24.3 Å². The molecule has 3 aromatic carbocycles. The molecule has 3 aromatic rings. The second-order valence-corrected chi connectivity index (χ2v) is 8.19. The maximum atomic E-state index is 13.7. The third-order valence-electron chi connectivity index (χ3n) is 3.84. The molecule has 152 valence electrons. The van der Waals surface area contributed by atoms with Gasteiger partial charge in [-0.15, -0.1) is 0 Å². The van der Waals surface area contributed by atoms with Gasteiger partial charge in [-0.2, -0.15) is 8.42 Å². The van der Waals surface area contributed by atoms with Crippen LogP contribution in [0, 0.1) is 5.82 Å². The molecule has 29 heavy (non-hydrogen) atoms. The van der Waals surface area contributed by atoms with Crippen molar-refractivity contribution in [2.24, 2.45) is 0 Å². The Balaban J connectivity index is 1.77. The second kappa shape index (κ2) is 8.93. The number of halogens is 1. The standard InChI is InChI=1S/C19H17FN2O5S2/c20-15-6-11-19(27-29(25,26)18-4-2-1-3-5-18)14(12-15)13-21-16-7-9-17(10-8-16)22-28(23)24/h1-12,21,28H,13H2,(H,22,23,24). The SMILES string of the molecule is O=[SH](=O)Nc1ccc(NCc2cc(F)ccc2OS(=O)(=O)c2ccccc2)cc1. The summed E-state index contributed by atoms with van der Waals surface area (Å²) >= 11 is 0. The highest BCUT2D eigenvalue weighted by molar-refractivity contribution is 7.87. The number of nitrogens with one attached hydrogen (secondary N) is 2. The fourth-order valence-corrected chi connectivity index (χ4v) is 3.83. The van der Waals surface area contributed by atoms with Crippen molar-refractivity contribution in [3.63, 3.8) is 0 Å². The van der Waals surface area contributed by atoms with E-state index in [2.05, 4.69) is 10.0 Å². The molecule has 0 amide bonds. The molecule has 0 aliphatic heterocycles. The summed E-state index contributed by atoms with van der Waals surface area (Å²) in [6.07, 6.45) is 0. The van der Waals surface area contributed by atoms with E-state index in [0.717, 1.165) is 6.07 Å². The Kier molecular flexibility index (Phi) is 6.35. The van der Waals surface area contributed by atoms with Gasteiger partial charge in [-0.3, -0.25) is 4.72 Å². The molecule has 0 spiro atoms. The first-order valence-electron chi connectivity index (χ1n) is 8.36. The fraction of sp³-hybridized carbons (Fsp3) is 0.0526. The van der Waals surface area contributed by atoms with Crippen molar-refractivity contribution in [3.8, 4) is 5.75 Å². The lowest BCUT2D eigenvalue weighted by atomic mass is 10.2. The van der Waals surface area contributed by atoms with E-state index >= 15 is 0 Å². The van der Waals surface area contributed by atoms with E-state index < -0.39 is 26.8 Å². The van der Waals surface area contributed by atoms with Gasteiger partial charge in [0.1, 0.15) is 16.5 Å². The minimum absolute atomic E-state index is 0.00407. The summed E-state index contributed by atoms with van der Waals surface area (Å²) in [7, 11) is -6.82. The number of hydrogen-bond donors (Lipinski definition) is 3. The minimum Gasteiger partial charge on any atom is -0.381 e. The van der Waals surface area contributed by atoms with Crippen LogP contribution >= 0.6 is 0 Å². The van der Waals surface area contributed by atoms with Gasteiger partial charge in [0.2, 0.25) is 10.9 Å². The summed E-state index contributed by atoms with van der Waals surface area (Å²) in [5.74, 6) is -0.533. The zero-order valence-electron chi connectivity index (χ0n) is 14.9. The molecule has 0 fully saturated rings. The smallest absolute Gasteiger partial charge is 0.339 e. The highest BCUT2D eigenvalue weighted by atomic mass is 32.2. The van der Waals surface area contributed by atoms with E-state index in [0.29, 0.717) is 16.9 Å². The van der Waals surface area contributed by atoms with Crippen LogP contribution in [0.15, 0.2) is 77.7 Å². The van der Waals surface area contributed by atoms with Gasteiger partial charge < -0.3 is 9.50 Å². The molecule has 0 radical (unpaired) electrons. The molecular weight excluding hydrogens is 419 g/mol. The lowest BCUT2D eigenvalue weighted by Gasteiger charge is -2.13. The van der Waals surface area contributed by atoms with Crippen molar-refractivity contribution in [2.45, 2.75) is 11.4 Å². The van der Waals surface area contributed by atoms with Gasteiger partial charge in [-0.05, 0) is 54.6 Å². The monoisotopic (exact) mass is 436 g/mol. The summed E-state index contributed by atoms with van der Waals surface area (Å²) in [5, 5.41) is 3.01. The molecule has 0 bridgehead atoms. The van der Waals surface area contributed by atoms with E-state index in [1.807, 2.05) is 0 Å². The molecule has 3 rings (SSSR count). The number of benzene rings is 3. The van der Waals surface area contributed by atoms with Crippen LogP contribution in [0.3, 0.4) is 0 Å². The average molecular weight is 436 g/mol. The molecule has 0 aromatic heterocycles. The maximum Gasteiger partial charge on any atom is 0.339 e. The van der Waals surface area contributed by atoms with Crippen LogP contribution in [0.25, 0.3) is 0 Å². The van der Waals surface area contributed by atoms with Crippen molar-refractivity contribution in [1.82, 2.24) is 0 Å². The first-order valence-corrected chi connectivity index (χ1v) is 10.9. The van der Waals surface area contributed by atoms with Gasteiger partial charge in [0, 0.05) is 23.5 Å². The molecule has 0 saturated heterocycles. The van der Waals surface area contributed by atoms with Crippen molar-refractivity contribution in [2.75, 3.05) is 10.0 Å². The van der Waals surface area contributed by atoms with Crippen molar-refractivity contribution in [3.05, 3.63) is 84.2 Å². The minimum atomic E-state index is -4.06. The first-order chi connectivity index (χ1) is 13.8. The van der Waals surface area contributed by atoms with Gasteiger partial charge in [0.05, 0.1) is 0 Å². The normalized spacial score (nSPS) is 11.2. The molecule has 0 atom stereocenters. The number of hydrogen-bond acceptors (Lipinski definition) is 6. The molecule has 0 saturated carbocycles. The molecular formula is C19H17FN2O5S2. The van der Waals surface area contributed by atoms with Crippen LogP contribution in [-0.4, -0.2) is 16.8 Å². The number of anilines is 2. The molecule has 10 heteroatoms. The van der Waals surface area contributed by atoms with Crippen LogP contribution < -0.4 is 14.2 Å². The van der Waals surface area contributed by atoms with Gasteiger partial charge in [0.15, 0.2) is 0 Å². The molecule has 0 unspecified atom stereocenters. The summed E-state index contributed by atoms with van der Waals surface area (Å²) in [5.41, 5.74) is 1.32. The molecule has 7 nitrogen and oxygen atoms in total. The van der Waals surface area contributed by atoms with Crippen LogP contribution in [0.4, 0.5) is 15.8 Å². The van der Waals surface area contributed by atoms with Crippen LogP contribution in [0.2, 0.25) is 0 Å². The molecule has 0 aliphatic carbocycles. The van der Waals surface area contributed by atoms with E-state index in [-0.39, 0.29) is 17.2 Å². The highest BCUT2D eigenvalue weighted by Gasteiger charge is 2.18. The Hall–Kier alpha value is -3.11. The predicted molar refractivity (Wildman–Crippen MR) is 108 cm³/mol. The average Bonchev–Trinajstić information content (AvgIpc) is 2.69. The van der Waals surface area contributed by atoms with Gasteiger partial charge in [0.25, 0.3) is 0 Å². The second-order valence-electron chi connectivity index (χ2n) is 5.90. The Morgan fingerprint density at radius 3 is 2.21 bits per heavy atom. The largest absolute Gasteiger partial charge is 0.381 e. The summed E-state index contributed by atoms with van der Waals surface area (Å²) in [6, 6.07) is 17.5. The van der Waals surface area contributed by atoms with Gasteiger partial charge >= 0.3 is 10.1 Å². The fourth-order valence-electron chi connectivity index (χ4n) is 2.49. The van der Waals surface area contributed by atoms with E-state index in [9.17, 15) is 21.2 Å². The highest BCUT2D eigenvalue weighted by Crippen LogP contribution is 2.25. The van der Waals surface area contributed by atoms with E-state index in [1.54, 1.807) is 42.5 Å². The lowest BCUT2D eigenvalue weighted by molar-refractivity contribution is 0.482. The summed E-state index contributed by atoms with van der Waals surface area (Å²) in [6.45, 7) is 0.0833. The van der Waals surface area contributed by atoms with Crippen LogP contribution in [-0.2, 0) is 27.6 Å². The number of rotatable bonds is 8. The Morgan fingerprint density at radius 1 is 0.897 bits per heavy atom. The molecule has 0 heterocycles. The third kappa shape index (κ3) is 5.69. The topological polar surface area (TPSA) is 102 Å². The quantitative estimate of drug-likeness (QED) is 0.370. The maximum absolute atomic E-state index is 13.7. The lowest BCUT2D eigenvalue weighted by Crippen LogP contribution is -2.12. The van der Waals surface area contributed by atoms with Gasteiger partial charge in [-0.25, -0.2) is 12.8 Å². The van der Waals surface area contributed by atoms with Crippen molar-refractivity contribution < 1.29 is 25.4 Å². The first kappa shape index (κ1) is 20.6. The summed E-state index contributed by atoms with van der Waals surface area (Å²) < 4.78 is 67.4. The Labute approximate surface area is 169 Å².